The molecule has 0 fully saturated rings. The minimum absolute atomic E-state index is 0.0778. The first-order chi connectivity index (χ1) is 16.5. The first-order valence-electron chi connectivity index (χ1n) is 11.1. The molecule has 3 aromatic carbocycles. The van der Waals surface area contributed by atoms with Crippen LogP contribution >= 0.6 is 0 Å². The van der Waals surface area contributed by atoms with Crippen molar-refractivity contribution in [3.05, 3.63) is 102 Å². The summed E-state index contributed by atoms with van der Waals surface area (Å²) in [5.41, 5.74) is 2.57. The fraction of sp³-hybridized carbons (Fsp3) is 0.250. The Hall–Kier alpha value is -3.77. The largest absolute Gasteiger partial charge is 0.497 e. The summed E-state index contributed by atoms with van der Waals surface area (Å²) in [5, 5.41) is 12.1. The van der Waals surface area contributed by atoms with Crippen molar-refractivity contribution in [1.29, 1.82) is 0 Å². The molecule has 0 amide bonds. The van der Waals surface area contributed by atoms with E-state index in [1.54, 1.807) is 21.3 Å². The van der Waals surface area contributed by atoms with Crippen LogP contribution < -0.4 is 19.5 Å². The molecule has 6 heteroatoms. The van der Waals surface area contributed by atoms with Crippen molar-refractivity contribution in [2.24, 2.45) is 0 Å². The number of hydrogen-bond donors (Lipinski definition) is 2. The standard InChI is InChI=1S/C28H31NO5/c1-32-24-11-5-21(6-12-24)28(18-4-19-29-20-17-27(30)31,22-7-13-25(33-2)14-8-22)23-9-15-26(34-3)16-10-23/h4-16,18,29H,17,19-20H2,1-3H3,(H,30,31)/b18-4+. The zero-order valence-corrected chi connectivity index (χ0v) is 19.8. The van der Waals surface area contributed by atoms with E-state index in [-0.39, 0.29) is 6.42 Å². The Bertz CT molecular complexity index is 958. The van der Waals surface area contributed by atoms with Gasteiger partial charge in [-0.05, 0) is 53.1 Å². The van der Waals surface area contributed by atoms with E-state index in [1.165, 1.54) is 0 Å². The van der Waals surface area contributed by atoms with Crippen LogP contribution in [0.15, 0.2) is 84.9 Å². The molecule has 2 N–H and O–H groups in total. The van der Waals surface area contributed by atoms with E-state index < -0.39 is 11.4 Å². The lowest BCUT2D eigenvalue weighted by molar-refractivity contribution is -0.136. The predicted octanol–water partition coefficient (Wildman–Crippen LogP) is 4.67. The minimum atomic E-state index is -0.819. The highest BCUT2D eigenvalue weighted by molar-refractivity contribution is 5.66. The number of aliphatic carboxylic acids is 1. The molecule has 0 heterocycles. The number of allylic oxidation sites excluding steroid dienone is 1. The fourth-order valence-corrected chi connectivity index (χ4v) is 3.97. The molecule has 0 aliphatic heterocycles. The smallest absolute Gasteiger partial charge is 0.304 e. The molecule has 0 spiro atoms. The Labute approximate surface area is 200 Å². The van der Waals surface area contributed by atoms with Gasteiger partial charge in [0.2, 0.25) is 0 Å². The van der Waals surface area contributed by atoms with Gasteiger partial charge in [-0.25, -0.2) is 0 Å². The maximum absolute atomic E-state index is 10.8. The SMILES string of the molecule is COc1ccc(C(/C=C/CNCCC(=O)O)(c2ccc(OC)cc2)c2ccc(OC)cc2)cc1. The summed E-state index contributed by atoms with van der Waals surface area (Å²) >= 11 is 0. The van der Waals surface area contributed by atoms with Crippen LogP contribution in [0, 0.1) is 0 Å². The van der Waals surface area contributed by atoms with E-state index in [0.717, 1.165) is 33.9 Å². The Morgan fingerprint density at radius 2 is 1.15 bits per heavy atom. The average Bonchev–Trinajstić information content (AvgIpc) is 2.89. The third kappa shape index (κ3) is 5.77. The van der Waals surface area contributed by atoms with E-state index in [4.69, 9.17) is 19.3 Å². The van der Waals surface area contributed by atoms with Crippen LogP contribution in [0.4, 0.5) is 0 Å². The molecule has 0 saturated carbocycles. The third-order valence-electron chi connectivity index (χ3n) is 5.78. The van der Waals surface area contributed by atoms with Crippen LogP contribution in [0.3, 0.4) is 0 Å². The second kappa shape index (κ2) is 11.9. The maximum atomic E-state index is 10.8. The van der Waals surface area contributed by atoms with E-state index >= 15 is 0 Å². The maximum Gasteiger partial charge on any atom is 0.304 e. The number of ether oxygens (including phenoxy) is 3. The van der Waals surface area contributed by atoms with Crippen LogP contribution in [-0.4, -0.2) is 45.5 Å². The van der Waals surface area contributed by atoms with Gasteiger partial charge in [-0.1, -0.05) is 48.6 Å². The molecule has 3 aromatic rings. The van der Waals surface area contributed by atoms with Gasteiger partial charge in [-0.15, -0.1) is 0 Å². The molecule has 0 aliphatic rings. The van der Waals surface area contributed by atoms with Gasteiger partial charge in [0.1, 0.15) is 17.2 Å². The molecule has 0 saturated heterocycles. The number of rotatable bonds is 12. The molecule has 178 valence electrons. The predicted molar refractivity (Wildman–Crippen MR) is 133 cm³/mol. The molecule has 0 bridgehead atoms. The molecule has 3 rings (SSSR count). The number of carbonyl (C=O) groups is 1. The van der Waals surface area contributed by atoms with Crippen LogP contribution in [0.5, 0.6) is 17.2 Å². The van der Waals surface area contributed by atoms with Gasteiger partial charge in [-0.2, -0.15) is 0 Å². The van der Waals surface area contributed by atoms with Crippen LogP contribution in [0.25, 0.3) is 0 Å². The lowest BCUT2D eigenvalue weighted by Crippen LogP contribution is -2.28. The zero-order chi connectivity index (χ0) is 24.4. The Kier molecular flexibility index (Phi) is 8.71. The van der Waals surface area contributed by atoms with Crippen LogP contribution in [0.1, 0.15) is 23.1 Å². The number of carboxylic acids is 1. The highest BCUT2D eigenvalue weighted by Gasteiger charge is 2.34. The van der Waals surface area contributed by atoms with E-state index in [2.05, 4.69) is 47.8 Å². The Morgan fingerprint density at radius 3 is 1.47 bits per heavy atom. The summed E-state index contributed by atoms with van der Waals surface area (Å²) in [6.45, 7) is 0.942. The van der Waals surface area contributed by atoms with Gasteiger partial charge in [0.05, 0.1) is 33.2 Å². The number of methoxy groups -OCH3 is 3. The summed E-state index contributed by atoms with van der Waals surface area (Å²) in [6, 6.07) is 24.1. The number of hydrogen-bond acceptors (Lipinski definition) is 5. The first-order valence-corrected chi connectivity index (χ1v) is 11.1. The third-order valence-corrected chi connectivity index (χ3v) is 5.78. The highest BCUT2D eigenvalue weighted by Crippen LogP contribution is 2.42. The average molecular weight is 462 g/mol. The molecule has 0 atom stereocenters. The zero-order valence-electron chi connectivity index (χ0n) is 19.8. The van der Waals surface area contributed by atoms with Gasteiger partial charge in [-0.3, -0.25) is 4.79 Å². The van der Waals surface area contributed by atoms with Crippen molar-refractivity contribution < 1.29 is 24.1 Å². The number of benzene rings is 3. The Balaban J connectivity index is 2.13. The fourth-order valence-electron chi connectivity index (χ4n) is 3.97. The van der Waals surface area contributed by atoms with Gasteiger partial charge in [0.15, 0.2) is 0 Å². The molecule has 6 nitrogen and oxygen atoms in total. The molecule has 0 aliphatic carbocycles. The Morgan fingerprint density at radius 1 is 0.765 bits per heavy atom. The van der Waals surface area contributed by atoms with Crippen molar-refractivity contribution in [2.45, 2.75) is 11.8 Å². The van der Waals surface area contributed by atoms with Gasteiger partial charge in [0, 0.05) is 13.1 Å². The normalized spacial score (nSPS) is 11.4. The monoisotopic (exact) mass is 461 g/mol. The summed E-state index contributed by atoms with van der Waals surface area (Å²) in [5.74, 6) is 1.52. The minimum Gasteiger partial charge on any atom is -0.497 e. The lowest BCUT2D eigenvalue weighted by Gasteiger charge is -2.33. The van der Waals surface area contributed by atoms with Crippen LogP contribution in [-0.2, 0) is 10.2 Å². The van der Waals surface area contributed by atoms with Crippen molar-refractivity contribution in [1.82, 2.24) is 5.32 Å². The van der Waals surface area contributed by atoms with Crippen molar-refractivity contribution >= 4 is 5.97 Å². The highest BCUT2D eigenvalue weighted by atomic mass is 16.5. The van der Waals surface area contributed by atoms with Crippen LogP contribution in [0.2, 0.25) is 0 Å². The second-order valence-electron chi connectivity index (χ2n) is 7.74. The summed E-state index contributed by atoms with van der Waals surface area (Å²) in [7, 11) is 4.95. The van der Waals surface area contributed by atoms with Gasteiger partial charge >= 0.3 is 5.97 Å². The van der Waals surface area contributed by atoms with E-state index in [1.807, 2.05) is 42.5 Å². The van der Waals surface area contributed by atoms with Crippen molar-refractivity contribution in [3.63, 3.8) is 0 Å². The summed E-state index contributed by atoms with van der Waals surface area (Å²) in [4.78, 5) is 10.8. The number of nitrogens with one attached hydrogen (secondary N) is 1. The van der Waals surface area contributed by atoms with Gasteiger partial charge in [0.25, 0.3) is 0 Å². The van der Waals surface area contributed by atoms with Crippen molar-refractivity contribution in [2.75, 3.05) is 34.4 Å². The summed E-state index contributed by atoms with van der Waals surface area (Å²) < 4.78 is 16.2. The number of carboxylic acid groups (broad SMARTS) is 1. The van der Waals surface area contributed by atoms with Gasteiger partial charge < -0.3 is 24.6 Å². The molecule has 34 heavy (non-hydrogen) atoms. The first kappa shape index (κ1) is 24.9. The second-order valence-corrected chi connectivity index (χ2v) is 7.74. The van der Waals surface area contributed by atoms with E-state index in [0.29, 0.717) is 13.1 Å². The van der Waals surface area contributed by atoms with E-state index in [9.17, 15) is 4.79 Å². The molecule has 0 radical (unpaired) electrons. The quantitative estimate of drug-likeness (QED) is 0.232. The molecular weight excluding hydrogens is 430 g/mol. The molecular formula is C28H31NO5. The van der Waals surface area contributed by atoms with Crippen molar-refractivity contribution in [3.8, 4) is 17.2 Å². The summed E-state index contributed by atoms with van der Waals surface area (Å²) in [6.07, 6.45) is 4.28. The molecule has 0 unspecified atom stereocenters. The lowest BCUT2D eigenvalue weighted by atomic mass is 9.69. The topological polar surface area (TPSA) is 77.0 Å². The molecule has 0 aromatic heterocycles.